The number of nitrogens with zero attached hydrogens (tertiary/aromatic N) is 2. The molecule has 1 N–H and O–H groups in total. The van der Waals surface area contributed by atoms with E-state index in [-0.39, 0.29) is 22.6 Å². The van der Waals surface area contributed by atoms with E-state index in [1.54, 1.807) is 12.1 Å². The van der Waals surface area contributed by atoms with Crippen LogP contribution < -0.4 is 10.2 Å². The van der Waals surface area contributed by atoms with Gasteiger partial charge in [0.15, 0.2) is 0 Å². The Balaban J connectivity index is 1.74. The third-order valence-electron chi connectivity index (χ3n) is 6.19. The first-order chi connectivity index (χ1) is 12.6. The molecule has 132 valence electrons. The molecule has 1 amide bonds. The Morgan fingerprint density at radius 1 is 1.19 bits per heavy atom. The zero-order valence-electron chi connectivity index (χ0n) is 14.3. The fraction of sp³-hybridized carbons (Fsp3) is 0.350. The van der Waals surface area contributed by atoms with Crippen molar-refractivity contribution in [3.8, 4) is 0 Å². The van der Waals surface area contributed by atoms with Gasteiger partial charge in [-0.15, -0.1) is 0 Å². The molecule has 6 heteroatoms. The maximum absolute atomic E-state index is 13.2. The van der Waals surface area contributed by atoms with E-state index >= 15 is 0 Å². The number of nitro groups is 1. The summed E-state index contributed by atoms with van der Waals surface area (Å²) < 4.78 is 0. The number of hydrogen-bond acceptors (Lipinski definition) is 4. The van der Waals surface area contributed by atoms with Gasteiger partial charge in [-0.1, -0.05) is 18.2 Å². The van der Waals surface area contributed by atoms with E-state index in [2.05, 4.69) is 10.2 Å². The van der Waals surface area contributed by atoms with Gasteiger partial charge in [-0.25, -0.2) is 0 Å². The molecule has 2 atom stereocenters. The number of nitrogens with one attached hydrogen (secondary N) is 1. The van der Waals surface area contributed by atoms with Crippen molar-refractivity contribution in [2.45, 2.75) is 37.1 Å². The zero-order valence-corrected chi connectivity index (χ0v) is 14.3. The Morgan fingerprint density at radius 2 is 2.04 bits per heavy atom. The topological polar surface area (TPSA) is 75.5 Å². The number of carbonyl (C=O) groups is 1. The molecule has 3 aliphatic heterocycles. The number of benzene rings is 2. The van der Waals surface area contributed by atoms with Crippen LogP contribution in [0.1, 0.15) is 30.4 Å². The number of non-ortho nitro benzene ring substituents is 1. The Labute approximate surface area is 151 Å². The van der Waals surface area contributed by atoms with Crippen LogP contribution in [0.5, 0.6) is 0 Å². The standard InChI is InChI=1S/C20H19N3O3/c24-19-20(15-5-1-2-6-16(15)21-19)12-13-11-14(23(25)26)8-9-17(13)22-10-4-3-7-18(20)22/h1-2,5-6,8-9,11,18H,3-4,7,10,12H2,(H,21,24). The third kappa shape index (κ3) is 1.90. The van der Waals surface area contributed by atoms with Crippen LogP contribution in [-0.2, 0) is 16.6 Å². The lowest BCUT2D eigenvalue weighted by atomic mass is 9.65. The molecule has 1 saturated heterocycles. The highest BCUT2D eigenvalue weighted by Gasteiger charge is 2.57. The van der Waals surface area contributed by atoms with Crippen molar-refractivity contribution in [1.82, 2.24) is 0 Å². The molecule has 2 aromatic carbocycles. The molecule has 1 fully saturated rings. The maximum Gasteiger partial charge on any atom is 0.269 e. The van der Waals surface area contributed by atoms with Gasteiger partial charge < -0.3 is 10.2 Å². The number of nitro benzene ring substituents is 1. The van der Waals surface area contributed by atoms with E-state index in [0.29, 0.717) is 6.42 Å². The summed E-state index contributed by atoms with van der Waals surface area (Å²) in [5, 5.41) is 14.3. The number of para-hydroxylation sites is 1. The Morgan fingerprint density at radius 3 is 2.88 bits per heavy atom. The van der Waals surface area contributed by atoms with Crippen molar-refractivity contribution in [1.29, 1.82) is 0 Å². The largest absolute Gasteiger partial charge is 0.367 e. The van der Waals surface area contributed by atoms with Crippen LogP contribution >= 0.6 is 0 Å². The molecule has 0 bridgehead atoms. The van der Waals surface area contributed by atoms with Crippen LogP contribution in [0.2, 0.25) is 0 Å². The third-order valence-corrected chi connectivity index (χ3v) is 6.19. The van der Waals surface area contributed by atoms with Crippen molar-refractivity contribution in [3.05, 3.63) is 63.7 Å². The fourth-order valence-corrected chi connectivity index (χ4v) is 5.10. The number of rotatable bonds is 1. The van der Waals surface area contributed by atoms with E-state index in [1.807, 2.05) is 30.3 Å². The van der Waals surface area contributed by atoms with Gasteiger partial charge in [-0.05, 0) is 48.9 Å². The lowest BCUT2D eigenvalue weighted by Gasteiger charge is -2.51. The van der Waals surface area contributed by atoms with E-state index in [1.165, 1.54) is 0 Å². The molecule has 6 nitrogen and oxygen atoms in total. The normalized spacial score (nSPS) is 26.1. The smallest absolute Gasteiger partial charge is 0.269 e. The fourth-order valence-electron chi connectivity index (χ4n) is 5.10. The van der Waals surface area contributed by atoms with Gasteiger partial charge in [0.1, 0.15) is 5.41 Å². The second-order valence-electron chi connectivity index (χ2n) is 7.42. The summed E-state index contributed by atoms with van der Waals surface area (Å²) in [5.74, 6) is 0.0211. The summed E-state index contributed by atoms with van der Waals surface area (Å²) in [6.45, 7) is 0.882. The van der Waals surface area contributed by atoms with E-state index in [9.17, 15) is 14.9 Å². The zero-order chi connectivity index (χ0) is 17.9. The lowest BCUT2D eigenvalue weighted by molar-refractivity contribution is -0.384. The van der Waals surface area contributed by atoms with Gasteiger partial charge in [-0.3, -0.25) is 14.9 Å². The van der Waals surface area contributed by atoms with E-state index in [4.69, 9.17) is 0 Å². The molecular weight excluding hydrogens is 330 g/mol. The molecule has 3 aliphatic rings. The molecule has 2 aromatic rings. The first-order valence-corrected chi connectivity index (χ1v) is 9.06. The summed E-state index contributed by atoms with van der Waals surface area (Å²) in [4.78, 5) is 26.4. The van der Waals surface area contributed by atoms with Crippen LogP contribution in [0.3, 0.4) is 0 Å². The molecular formula is C20H19N3O3. The molecule has 1 spiro atoms. The van der Waals surface area contributed by atoms with Crippen molar-refractivity contribution in [2.75, 3.05) is 16.8 Å². The number of amides is 1. The van der Waals surface area contributed by atoms with E-state index < -0.39 is 5.41 Å². The lowest BCUT2D eigenvalue weighted by Crippen LogP contribution is -2.60. The number of fused-ring (bicyclic) bond motifs is 6. The van der Waals surface area contributed by atoms with Crippen molar-refractivity contribution >= 4 is 23.0 Å². The predicted molar refractivity (Wildman–Crippen MR) is 98.5 cm³/mol. The quantitative estimate of drug-likeness (QED) is 0.632. The Kier molecular flexibility index (Phi) is 3.13. The van der Waals surface area contributed by atoms with Crippen molar-refractivity contribution in [2.24, 2.45) is 0 Å². The Hall–Kier alpha value is -2.89. The highest BCUT2D eigenvalue weighted by Crippen LogP contribution is 2.52. The van der Waals surface area contributed by atoms with Gasteiger partial charge in [0.05, 0.1) is 4.92 Å². The number of hydrogen-bond donors (Lipinski definition) is 1. The molecule has 0 aromatic heterocycles. The van der Waals surface area contributed by atoms with Crippen LogP contribution in [0, 0.1) is 10.1 Å². The van der Waals surface area contributed by atoms with Crippen LogP contribution in [0.15, 0.2) is 42.5 Å². The van der Waals surface area contributed by atoms with Gasteiger partial charge >= 0.3 is 0 Å². The highest BCUT2D eigenvalue weighted by molar-refractivity contribution is 6.08. The average molecular weight is 349 g/mol. The number of piperidine rings is 1. The highest BCUT2D eigenvalue weighted by atomic mass is 16.6. The molecule has 0 saturated carbocycles. The molecule has 26 heavy (non-hydrogen) atoms. The van der Waals surface area contributed by atoms with Crippen LogP contribution in [0.25, 0.3) is 0 Å². The van der Waals surface area contributed by atoms with Gasteiger partial charge in [0, 0.05) is 36.1 Å². The van der Waals surface area contributed by atoms with Crippen molar-refractivity contribution in [3.63, 3.8) is 0 Å². The van der Waals surface area contributed by atoms with Crippen LogP contribution in [-0.4, -0.2) is 23.4 Å². The van der Waals surface area contributed by atoms with Crippen molar-refractivity contribution < 1.29 is 9.72 Å². The minimum absolute atomic E-state index is 0.0211. The first-order valence-electron chi connectivity index (χ1n) is 9.06. The molecule has 0 aliphatic carbocycles. The van der Waals surface area contributed by atoms with E-state index in [0.717, 1.165) is 48.3 Å². The predicted octanol–water partition coefficient (Wildman–Crippen LogP) is 3.40. The summed E-state index contributed by atoms with van der Waals surface area (Å²) in [6, 6.07) is 13.0. The summed E-state index contributed by atoms with van der Waals surface area (Å²) >= 11 is 0. The van der Waals surface area contributed by atoms with Gasteiger partial charge in [0.25, 0.3) is 5.69 Å². The average Bonchev–Trinajstić information content (AvgIpc) is 2.94. The minimum Gasteiger partial charge on any atom is -0.367 e. The SMILES string of the molecule is O=C1Nc2ccccc2C12Cc1cc([N+](=O)[O-])ccc1N1CCCCC12. The summed E-state index contributed by atoms with van der Waals surface area (Å²) in [6.07, 6.45) is 3.64. The summed E-state index contributed by atoms with van der Waals surface area (Å²) in [5.41, 5.74) is 3.25. The molecule has 3 heterocycles. The number of carbonyl (C=O) groups excluding carboxylic acids is 1. The first kappa shape index (κ1) is 15.4. The maximum atomic E-state index is 13.2. The second-order valence-corrected chi connectivity index (χ2v) is 7.42. The van der Waals surface area contributed by atoms with Gasteiger partial charge in [-0.2, -0.15) is 0 Å². The molecule has 0 radical (unpaired) electrons. The Bertz CT molecular complexity index is 942. The molecule has 2 unspecified atom stereocenters. The molecule has 5 rings (SSSR count). The number of anilines is 2. The monoisotopic (exact) mass is 349 g/mol. The summed E-state index contributed by atoms with van der Waals surface area (Å²) in [7, 11) is 0. The minimum atomic E-state index is -0.667. The van der Waals surface area contributed by atoms with Crippen LogP contribution in [0.4, 0.5) is 17.1 Å². The second kappa shape index (κ2) is 5.30. The van der Waals surface area contributed by atoms with Gasteiger partial charge in [0.2, 0.25) is 5.91 Å².